The largest absolute Gasteiger partial charge is 0.317 e. The standard InChI is InChI=1S/C8H19N/c1-5-6-7(2)8(3)9-4/h7-9H,5-6H2,1-4H3. The maximum Gasteiger partial charge on any atom is 0.00613 e. The molecule has 0 amide bonds. The quantitative estimate of drug-likeness (QED) is 0.612. The summed E-state index contributed by atoms with van der Waals surface area (Å²) in [7, 11) is 2.02. The maximum atomic E-state index is 3.25. The Labute approximate surface area is 58.8 Å². The molecule has 0 radical (unpaired) electrons. The van der Waals surface area contributed by atoms with Crippen LogP contribution in [0.5, 0.6) is 0 Å². The van der Waals surface area contributed by atoms with E-state index in [0.717, 1.165) is 5.92 Å². The van der Waals surface area contributed by atoms with E-state index in [0.29, 0.717) is 6.04 Å². The Morgan fingerprint density at radius 3 is 2.22 bits per heavy atom. The van der Waals surface area contributed by atoms with Crippen molar-refractivity contribution >= 4 is 0 Å². The van der Waals surface area contributed by atoms with Crippen LogP contribution in [0.25, 0.3) is 0 Å². The van der Waals surface area contributed by atoms with Crippen molar-refractivity contribution in [3.8, 4) is 0 Å². The van der Waals surface area contributed by atoms with Crippen LogP contribution in [0.3, 0.4) is 0 Å². The van der Waals surface area contributed by atoms with Gasteiger partial charge in [-0.1, -0.05) is 20.3 Å². The van der Waals surface area contributed by atoms with Crippen molar-refractivity contribution in [3.05, 3.63) is 0 Å². The van der Waals surface area contributed by atoms with Gasteiger partial charge in [0, 0.05) is 6.04 Å². The van der Waals surface area contributed by atoms with E-state index >= 15 is 0 Å². The van der Waals surface area contributed by atoms with Gasteiger partial charge in [-0.05, 0) is 26.3 Å². The van der Waals surface area contributed by atoms with Crippen LogP contribution >= 0.6 is 0 Å². The first-order valence-electron chi connectivity index (χ1n) is 3.89. The van der Waals surface area contributed by atoms with Crippen LogP contribution in [0.1, 0.15) is 33.6 Å². The predicted molar refractivity (Wildman–Crippen MR) is 42.6 cm³/mol. The molecule has 0 bridgehead atoms. The average Bonchev–Trinajstić information content (AvgIpc) is 1.87. The van der Waals surface area contributed by atoms with Crippen molar-refractivity contribution in [3.63, 3.8) is 0 Å². The van der Waals surface area contributed by atoms with Gasteiger partial charge < -0.3 is 5.32 Å². The molecule has 0 heterocycles. The van der Waals surface area contributed by atoms with E-state index in [2.05, 4.69) is 26.1 Å². The molecule has 0 rings (SSSR count). The first-order valence-corrected chi connectivity index (χ1v) is 3.89. The van der Waals surface area contributed by atoms with Crippen molar-refractivity contribution in [1.29, 1.82) is 0 Å². The predicted octanol–water partition coefficient (Wildman–Crippen LogP) is 2.03. The van der Waals surface area contributed by atoms with E-state index in [1.165, 1.54) is 12.8 Å². The van der Waals surface area contributed by atoms with Crippen molar-refractivity contribution in [1.82, 2.24) is 5.32 Å². The Kier molecular flexibility index (Phi) is 4.78. The Morgan fingerprint density at radius 1 is 1.33 bits per heavy atom. The highest BCUT2D eigenvalue weighted by molar-refractivity contribution is 4.64. The van der Waals surface area contributed by atoms with Crippen molar-refractivity contribution in [2.24, 2.45) is 5.92 Å². The fraction of sp³-hybridized carbons (Fsp3) is 1.00. The molecule has 9 heavy (non-hydrogen) atoms. The molecule has 2 atom stereocenters. The first kappa shape index (κ1) is 8.96. The molecule has 0 aliphatic carbocycles. The van der Waals surface area contributed by atoms with Gasteiger partial charge in [-0.25, -0.2) is 0 Å². The summed E-state index contributed by atoms with van der Waals surface area (Å²) in [6, 6.07) is 0.671. The fourth-order valence-electron chi connectivity index (χ4n) is 0.990. The lowest BCUT2D eigenvalue weighted by Crippen LogP contribution is -2.28. The minimum absolute atomic E-state index is 0.671. The highest BCUT2D eigenvalue weighted by atomic mass is 14.9. The molecule has 56 valence electrons. The summed E-state index contributed by atoms with van der Waals surface area (Å²) in [6.45, 7) is 6.77. The van der Waals surface area contributed by atoms with E-state index < -0.39 is 0 Å². The molecule has 0 spiro atoms. The Hall–Kier alpha value is -0.0400. The number of rotatable bonds is 4. The molecule has 1 N–H and O–H groups in total. The molecular formula is C8H19N. The third kappa shape index (κ3) is 3.52. The fourth-order valence-corrected chi connectivity index (χ4v) is 0.990. The van der Waals surface area contributed by atoms with Crippen LogP contribution in [0, 0.1) is 5.92 Å². The number of hydrogen-bond acceptors (Lipinski definition) is 1. The van der Waals surface area contributed by atoms with Gasteiger partial charge in [0.15, 0.2) is 0 Å². The number of hydrogen-bond donors (Lipinski definition) is 1. The highest BCUT2D eigenvalue weighted by Crippen LogP contribution is 2.08. The zero-order valence-electron chi connectivity index (χ0n) is 7.07. The highest BCUT2D eigenvalue weighted by Gasteiger charge is 2.06. The molecule has 2 unspecified atom stereocenters. The van der Waals surface area contributed by atoms with Gasteiger partial charge in [0.25, 0.3) is 0 Å². The molecule has 0 aromatic carbocycles. The van der Waals surface area contributed by atoms with E-state index in [9.17, 15) is 0 Å². The van der Waals surface area contributed by atoms with Gasteiger partial charge in [0.05, 0.1) is 0 Å². The Morgan fingerprint density at radius 2 is 1.89 bits per heavy atom. The van der Waals surface area contributed by atoms with Crippen molar-refractivity contribution in [2.75, 3.05) is 7.05 Å². The van der Waals surface area contributed by atoms with Gasteiger partial charge >= 0.3 is 0 Å². The molecule has 1 heteroatoms. The molecule has 1 nitrogen and oxygen atoms in total. The van der Waals surface area contributed by atoms with Gasteiger partial charge in [-0.15, -0.1) is 0 Å². The Bertz CT molecular complexity index is 61.6. The van der Waals surface area contributed by atoms with Gasteiger partial charge in [-0.2, -0.15) is 0 Å². The summed E-state index contributed by atoms with van der Waals surface area (Å²) in [5, 5.41) is 3.25. The van der Waals surface area contributed by atoms with Crippen molar-refractivity contribution < 1.29 is 0 Å². The summed E-state index contributed by atoms with van der Waals surface area (Å²) < 4.78 is 0. The Balaban J connectivity index is 3.32. The molecule has 0 aromatic rings. The van der Waals surface area contributed by atoms with Crippen LogP contribution in [-0.2, 0) is 0 Å². The van der Waals surface area contributed by atoms with Gasteiger partial charge in [0.1, 0.15) is 0 Å². The van der Waals surface area contributed by atoms with Crippen LogP contribution in [-0.4, -0.2) is 13.1 Å². The summed E-state index contributed by atoms with van der Waals surface area (Å²) in [5.41, 5.74) is 0. The zero-order valence-corrected chi connectivity index (χ0v) is 7.07. The summed E-state index contributed by atoms with van der Waals surface area (Å²) in [4.78, 5) is 0. The third-order valence-electron chi connectivity index (χ3n) is 2.05. The summed E-state index contributed by atoms with van der Waals surface area (Å²) in [5.74, 6) is 0.819. The zero-order chi connectivity index (χ0) is 7.28. The third-order valence-corrected chi connectivity index (χ3v) is 2.05. The molecular weight excluding hydrogens is 110 g/mol. The second-order valence-electron chi connectivity index (χ2n) is 2.84. The monoisotopic (exact) mass is 129 g/mol. The lowest BCUT2D eigenvalue weighted by molar-refractivity contribution is 0.397. The van der Waals surface area contributed by atoms with E-state index in [-0.39, 0.29) is 0 Å². The first-order chi connectivity index (χ1) is 4.22. The smallest absolute Gasteiger partial charge is 0.00613 e. The summed E-state index contributed by atoms with van der Waals surface area (Å²) in [6.07, 6.45) is 2.63. The van der Waals surface area contributed by atoms with Crippen molar-refractivity contribution in [2.45, 2.75) is 39.7 Å². The van der Waals surface area contributed by atoms with E-state index in [1.54, 1.807) is 0 Å². The average molecular weight is 129 g/mol. The van der Waals surface area contributed by atoms with E-state index in [4.69, 9.17) is 0 Å². The van der Waals surface area contributed by atoms with Crippen LogP contribution in [0.2, 0.25) is 0 Å². The molecule has 0 aliphatic heterocycles. The molecule has 0 fully saturated rings. The van der Waals surface area contributed by atoms with Crippen LogP contribution < -0.4 is 5.32 Å². The second-order valence-corrected chi connectivity index (χ2v) is 2.84. The van der Waals surface area contributed by atoms with E-state index in [1.807, 2.05) is 7.05 Å². The molecule has 0 aliphatic rings. The van der Waals surface area contributed by atoms with Gasteiger partial charge in [-0.3, -0.25) is 0 Å². The number of nitrogens with one attached hydrogen (secondary N) is 1. The minimum Gasteiger partial charge on any atom is -0.317 e. The lowest BCUT2D eigenvalue weighted by atomic mass is 9.99. The van der Waals surface area contributed by atoms with Crippen LogP contribution in [0.15, 0.2) is 0 Å². The minimum atomic E-state index is 0.671. The van der Waals surface area contributed by atoms with Gasteiger partial charge in [0.2, 0.25) is 0 Å². The SMILES string of the molecule is CCCC(C)C(C)NC. The molecule has 0 saturated carbocycles. The summed E-state index contributed by atoms with van der Waals surface area (Å²) >= 11 is 0. The molecule has 0 aromatic heterocycles. The lowest BCUT2D eigenvalue weighted by Gasteiger charge is -2.17. The van der Waals surface area contributed by atoms with Crippen LogP contribution in [0.4, 0.5) is 0 Å². The normalized spacial score (nSPS) is 17.3. The maximum absolute atomic E-state index is 3.25. The second kappa shape index (κ2) is 4.80. The topological polar surface area (TPSA) is 12.0 Å². The molecule has 0 saturated heterocycles.